The Morgan fingerprint density at radius 3 is 2.50 bits per heavy atom. The van der Waals surface area contributed by atoms with Crippen LogP contribution >= 0.6 is 11.6 Å². The van der Waals surface area contributed by atoms with Crippen molar-refractivity contribution in [2.24, 2.45) is 0 Å². The lowest BCUT2D eigenvalue weighted by molar-refractivity contribution is 0.637. The average molecular weight is 288 g/mol. The van der Waals surface area contributed by atoms with Crippen molar-refractivity contribution in [1.29, 1.82) is 0 Å². The Balaban J connectivity index is 2.46. The first-order chi connectivity index (χ1) is 9.59. The number of H-pyrrole nitrogens is 1. The quantitative estimate of drug-likeness (QED) is 0.711. The summed E-state index contributed by atoms with van der Waals surface area (Å²) in [5.41, 5.74) is 1.87. The number of nitrogens with one attached hydrogen (secondary N) is 1. The zero-order chi connectivity index (χ0) is 14.3. The summed E-state index contributed by atoms with van der Waals surface area (Å²) in [7, 11) is 0. The first kappa shape index (κ1) is 12.9. The fourth-order valence-corrected chi connectivity index (χ4v) is 2.55. The van der Waals surface area contributed by atoms with E-state index in [1.54, 1.807) is 6.92 Å². The average Bonchev–Trinajstić information content (AvgIpc) is 2.47. The van der Waals surface area contributed by atoms with Crippen LogP contribution in [0.4, 0.5) is 4.39 Å². The topological polar surface area (TPSA) is 32.9 Å². The molecular formula is C16H11ClFNO. The van der Waals surface area contributed by atoms with Gasteiger partial charge in [0.2, 0.25) is 0 Å². The normalized spacial score (nSPS) is 10.9. The van der Waals surface area contributed by atoms with Crippen molar-refractivity contribution in [2.75, 3.05) is 0 Å². The Labute approximate surface area is 119 Å². The van der Waals surface area contributed by atoms with Crippen LogP contribution < -0.4 is 5.43 Å². The summed E-state index contributed by atoms with van der Waals surface area (Å²) >= 11 is 6.02. The molecule has 1 heterocycles. The van der Waals surface area contributed by atoms with E-state index in [4.69, 9.17) is 11.6 Å². The molecule has 0 aliphatic carbocycles. The summed E-state index contributed by atoms with van der Waals surface area (Å²) in [5.74, 6) is -0.487. The molecule has 0 radical (unpaired) electrons. The first-order valence-corrected chi connectivity index (χ1v) is 6.53. The molecule has 2 aromatic carbocycles. The molecule has 0 fully saturated rings. The van der Waals surface area contributed by atoms with Gasteiger partial charge in [0.25, 0.3) is 0 Å². The molecule has 0 amide bonds. The third-order valence-electron chi connectivity index (χ3n) is 3.36. The number of fused-ring (bicyclic) bond motifs is 1. The zero-order valence-electron chi connectivity index (χ0n) is 10.7. The number of aromatic amines is 1. The molecule has 0 spiro atoms. The highest BCUT2D eigenvalue weighted by Gasteiger charge is 2.14. The van der Waals surface area contributed by atoms with Crippen molar-refractivity contribution in [3.05, 3.63) is 69.1 Å². The standard InChI is InChI=1S/C16H11ClFNO/c1-9-14(10-5-3-2-4-6-10)19-15-12(18)8-7-11(17)13(15)16(9)20/h2-8H,1H3,(H,19,20). The van der Waals surface area contributed by atoms with Crippen molar-refractivity contribution >= 4 is 22.5 Å². The predicted octanol–water partition coefficient (Wildman–Crippen LogP) is 4.30. The van der Waals surface area contributed by atoms with E-state index in [1.807, 2.05) is 30.3 Å². The molecule has 0 unspecified atom stereocenters. The minimum absolute atomic E-state index is 0.145. The zero-order valence-corrected chi connectivity index (χ0v) is 11.5. The lowest BCUT2D eigenvalue weighted by Gasteiger charge is -2.10. The summed E-state index contributed by atoms with van der Waals surface area (Å²) in [6.07, 6.45) is 0. The highest BCUT2D eigenvalue weighted by Crippen LogP contribution is 2.26. The number of rotatable bonds is 1. The third-order valence-corrected chi connectivity index (χ3v) is 3.67. The number of hydrogen-bond acceptors (Lipinski definition) is 1. The maximum absolute atomic E-state index is 13.9. The Hall–Kier alpha value is -2.13. The fraction of sp³-hybridized carbons (Fsp3) is 0.0625. The van der Waals surface area contributed by atoms with Crippen LogP contribution in [0.15, 0.2) is 47.3 Å². The third kappa shape index (κ3) is 1.91. The van der Waals surface area contributed by atoms with Gasteiger partial charge in [-0.1, -0.05) is 41.9 Å². The minimum atomic E-state index is -0.487. The smallest absolute Gasteiger partial charge is 0.194 e. The molecule has 3 rings (SSSR count). The van der Waals surface area contributed by atoms with E-state index < -0.39 is 5.82 Å². The number of aromatic nitrogens is 1. The number of hydrogen-bond donors (Lipinski definition) is 1. The number of halogens is 2. The molecule has 0 aliphatic rings. The Morgan fingerprint density at radius 2 is 1.80 bits per heavy atom. The molecule has 2 nitrogen and oxygen atoms in total. The van der Waals surface area contributed by atoms with Gasteiger partial charge in [-0.15, -0.1) is 0 Å². The molecule has 0 atom stereocenters. The second-order valence-corrected chi connectivity index (χ2v) is 5.01. The number of pyridine rings is 1. The number of benzene rings is 2. The van der Waals surface area contributed by atoms with Gasteiger partial charge < -0.3 is 4.98 Å². The van der Waals surface area contributed by atoms with Crippen LogP contribution in [0.2, 0.25) is 5.02 Å². The summed E-state index contributed by atoms with van der Waals surface area (Å²) in [6, 6.07) is 12.0. The van der Waals surface area contributed by atoms with Crippen LogP contribution in [0.5, 0.6) is 0 Å². The molecule has 1 aromatic heterocycles. The molecule has 4 heteroatoms. The van der Waals surface area contributed by atoms with Crippen molar-refractivity contribution in [2.45, 2.75) is 6.92 Å². The highest BCUT2D eigenvalue weighted by atomic mass is 35.5. The van der Waals surface area contributed by atoms with E-state index >= 15 is 0 Å². The molecule has 100 valence electrons. The van der Waals surface area contributed by atoms with Crippen LogP contribution in [0.1, 0.15) is 5.56 Å². The van der Waals surface area contributed by atoms with E-state index in [0.717, 1.165) is 5.56 Å². The van der Waals surface area contributed by atoms with Gasteiger partial charge in [-0.05, 0) is 24.6 Å². The van der Waals surface area contributed by atoms with Crippen LogP contribution in [0.3, 0.4) is 0 Å². The van der Waals surface area contributed by atoms with Crippen molar-refractivity contribution in [1.82, 2.24) is 4.98 Å². The van der Waals surface area contributed by atoms with Crippen LogP contribution in [0, 0.1) is 12.7 Å². The summed E-state index contributed by atoms with van der Waals surface area (Å²) in [4.78, 5) is 15.4. The molecule has 0 aliphatic heterocycles. The van der Waals surface area contributed by atoms with Gasteiger partial charge in [0, 0.05) is 5.56 Å². The van der Waals surface area contributed by atoms with E-state index in [9.17, 15) is 9.18 Å². The Morgan fingerprint density at radius 1 is 1.10 bits per heavy atom. The van der Waals surface area contributed by atoms with Gasteiger partial charge in [0.05, 0.1) is 21.6 Å². The maximum atomic E-state index is 13.9. The first-order valence-electron chi connectivity index (χ1n) is 6.15. The molecule has 1 N–H and O–H groups in total. The van der Waals surface area contributed by atoms with Gasteiger partial charge in [-0.3, -0.25) is 4.79 Å². The second kappa shape index (κ2) is 4.76. The van der Waals surface area contributed by atoms with Gasteiger partial charge >= 0.3 is 0 Å². The van der Waals surface area contributed by atoms with Crippen LogP contribution in [-0.4, -0.2) is 4.98 Å². The molecule has 3 aromatic rings. The summed E-state index contributed by atoms with van der Waals surface area (Å²) < 4.78 is 13.9. The van der Waals surface area contributed by atoms with Gasteiger partial charge in [0.15, 0.2) is 5.43 Å². The van der Waals surface area contributed by atoms with Gasteiger partial charge in [0.1, 0.15) is 5.82 Å². The second-order valence-electron chi connectivity index (χ2n) is 4.60. The molecular weight excluding hydrogens is 277 g/mol. The summed E-state index contributed by atoms with van der Waals surface area (Å²) in [6.45, 7) is 1.71. The molecule has 20 heavy (non-hydrogen) atoms. The molecule has 0 bridgehead atoms. The van der Waals surface area contributed by atoms with Crippen molar-refractivity contribution < 1.29 is 4.39 Å². The van der Waals surface area contributed by atoms with E-state index in [0.29, 0.717) is 11.3 Å². The lowest BCUT2D eigenvalue weighted by atomic mass is 10.0. The van der Waals surface area contributed by atoms with E-state index in [-0.39, 0.29) is 21.4 Å². The van der Waals surface area contributed by atoms with E-state index in [1.165, 1.54) is 12.1 Å². The molecule has 0 saturated heterocycles. The van der Waals surface area contributed by atoms with Crippen molar-refractivity contribution in [3.63, 3.8) is 0 Å². The largest absolute Gasteiger partial charge is 0.352 e. The van der Waals surface area contributed by atoms with Crippen molar-refractivity contribution in [3.8, 4) is 11.3 Å². The Kier molecular flexibility index (Phi) is 3.07. The monoisotopic (exact) mass is 287 g/mol. The van der Waals surface area contributed by atoms with E-state index in [2.05, 4.69) is 4.98 Å². The Bertz CT molecular complexity index is 856. The fourth-order valence-electron chi connectivity index (χ4n) is 2.31. The SMILES string of the molecule is Cc1c(-c2ccccc2)[nH]c2c(F)ccc(Cl)c2c1=O. The highest BCUT2D eigenvalue weighted by molar-refractivity contribution is 6.35. The van der Waals surface area contributed by atoms with Crippen LogP contribution in [0.25, 0.3) is 22.2 Å². The predicted molar refractivity (Wildman–Crippen MR) is 79.7 cm³/mol. The van der Waals surface area contributed by atoms with Crippen LogP contribution in [-0.2, 0) is 0 Å². The minimum Gasteiger partial charge on any atom is -0.352 e. The summed E-state index contributed by atoms with van der Waals surface area (Å²) in [5, 5.41) is 0.453. The maximum Gasteiger partial charge on any atom is 0.194 e. The van der Waals surface area contributed by atoms with Gasteiger partial charge in [-0.2, -0.15) is 0 Å². The molecule has 0 saturated carbocycles. The van der Waals surface area contributed by atoms with Gasteiger partial charge in [-0.25, -0.2) is 4.39 Å². The lowest BCUT2D eigenvalue weighted by Crippen LogP contribution is -2.10.